The molecule has 29 heavy (non-hydrogen) atoms. The molecule has 0 amide bonds. The number of anilines is 2. The minimum absolute atomic E-state index is 0.0755. The number of H-pyrrole nitrogens is 1. The third kappa shape index (κ3) is 4.22. The first kappa shape index (κ1) is 19.3. The molecule has 1 atom stereocenters. The molecule has 1 aliphatic heterocycles. The van der Waals surface area contributed by atoms with Gasteiger partial charge in [0.2, 0.25) is 0 Å². The van der Waals surface area contributed by atoms with Crippen LogP contribution in [0.3, 0.4) is 0 Å². The van der Waals surface area contributed by atoms with E-state index < -0.39 is 0 Å². The smallest absolute Gasteiger partial charge is 0.253 e. The fourth-order valence-electron chi connectivity index (χ4n) is 3.93. The van der Waals surface area contributed by atoms with Gasteiger partial charge in [-0.05, 0) is 61.4 Å². The molecule has 2 aromatic carbocycles. The number of benzene rings is 2. The zero-order valence-corrected chi connectivity index (χ0v) is 16.9. The summed E-state index contributed by atoms with van der Waals surface area (Å²) in [7, 11) is 3.62. The highest BCUT2D eigenvalue weighted by atomic mass is 16.5. The Hall–Kier alpha value is -2.99. The number of methoxy groups -OCH3 is 1. The Kier molecular flexibility index (Phi) is 5.45. The van der Waals surface area contributed by atoms with E-state index >= 15 is 0 Å². The summed E-state index contributed by atoms with van der Waals surface area (Å²) in [6.45, 7) is 2.16. The van der Waals surface area contributed by atoms with Crippen LogP contribution in [0.15, 0.2) is 53.3 Å². The van der Waals surface area contributed by atoms with E-state index in [1.165, 1.54) is 0 Å². The van der Waals surface area contributed by atoms with Gasteiger partial charge in [0.1, 0.15) is 5.75 Å². The highest BCUT2D eigenvalue weighted by Crippen LogP contribution is 2.24. The van der Waals surface area contributed by atoms with Crippen molar-refractivity contribution in [2.45, 2.75) is 25.5 Å². The number of fused-ring (bicyclic) bond motifs is 1. The van der Waals surface area contributed by atoms with E-state index in [0.29, 0.717) is 18.7 Å². The summed E-state index contributed by atoms with van der Waals surface area (Å²) in [4.78, 5) is 19.7. The molecule has 0 bridgehead atoms. The molecule has 3 aromatic rings. The van der Waals surface area contributed by atoms with Crippen LogP contribution in [-0.4, -0.2) is 43.4 Å². The number of pyridine rings is 1. The van der Waals surface area contributed by atoms with E-state index in [9.17, 15) is 9.90 Å². The zero-order chi connectivity index (χ0) is 20.4. The lowest BCUT2D eigenvalue weighted by atomic mass is 10.1. The molecule has 4 rings (SSSR count). The van der Waals surface area contributed by atoms with Gasteiger partial charge < -0.3 is 24.6 Å². The molecule has 2 N–H and O–H groups in total. The summed E-state index contributed by atoms with van der Waals surface area (Å²) >= 11 is 0. The van der Waals surface area contributed by atoms with Crippen LogP contribution >= 0.6 is 0 Å². The first-order chi connectivity index (χ1) is 14.0. The van der Waals surface area contributed by atoms with E-state index in [1.54, 1.807) is 7.11 Å². The summed E-state index contributed by atoms with van der Waals surface area (Å²) in [5.41, 5.74) is 3.59. The SMILES string of the molecule is COc1ccc2[nH]c(=O)c(CN(C)c3ccc(N4CCC[C@H](O)C4)cc3)cc2c1. The first-order valence-electron chi connectivity index (χ1n) is 9.97. The summed E-state index contributed by atoms with van der Waals surface area (Å²) < 4.78 is 5.29. The maximum Gasteiger partial charge on any atom is 0.253 e. The maximum absolute atomic E-state index is 12.5. The Balaban J connectivity index is 1.52. The lowest BCUT2D eigenvalue weighted by Crippen LogP contribution is -2.38. The van der Waals surface area contributed by atoms with E-state index in [4.69, 9.17) is 4.74 Å². The molecule has 1 aromatic heterocycles. The molecule has 6 heteroatoms. The van der Waals surface area contributed by atoms with Crippen molar-refractivity contribution < 1.29 is 9.84 Å². The number of aromatic nitrogens is 1. The third-order valence-electron chi connectivity index (χ3n) is 5.59. The van der Waals surface area contributed by atoms with E-state index in [0.717, 1.165) is 47.4 Å². The number of β-amino-alcohol motifs (C(OH)–C–C–N with tert-alkyl or cyclic N) is 1. The van der Waals surface area contributed by atoms with E-state index in [1.807, 2.05) is 31.3 Å². The second-order valence-corrected chi connectivity index (χ2v) is 7.69. The normalized spacial score (nSPS) is 16.8. The Morgan fingerprint density at radius 1 is 1.21 bits per heavy atom. The molecular weight excluding hydrogens is 366 g/mol. The molecule has 0 unspecified atom stereocenters. The Morgan fingerprint density at radius 3 is 2.72 bits per heavy atom. The number of hydrogen-bond acceptors (Lipinski definition) is 5. The number of piperidine rings is 1. The molecule has 2 heterocycles. The highest BCUT2D eigenvalue weighted by molar-refractivity contribution is 5.80. The van der Waals surface area contributed by atoms with Gasteiger partial charge in [-0.25, -0.2) is 0 Å². The Bertz CT molecular complexity index is 1050. The minimum atomic E-state index is -0.246. The van der Waals surface area contributed by atoms with Crippen LogP contribution in [0.1, 0.15) is 18.4 Å². The van der Waals surface area contributed by atoms with Crippen molar-refractivity contribution >= 4 is 22.3 Å². The van der Waals surface area contributed by atoms with Crippen molar-refractivity contribution in [2.24, 2.45) is 0 Å². The third-order valence-corrected chi connectivity index (χ3v) is 5.59. The number of nitrogens with one attached hydrogen (secondary N) is 1. The first-order valence-corrected chi connectivity index (χ1v) is 9.97. The Morgan fingerprint density at radius 2 is 2.00 bits per heavy atom. The fourth-order valence-corrected chi connectivity index (χ4v) is 3.93. The van der Waals surface area contributed by atoms with Crippen molar-refractivity contribution in [1.82, 2.24) is 4.98 Å². The molecule has 1 saturated heterocycles. The van der Waals surface area contributed by atoms with Gasteiger partial charge in [-0.3, -0.25) is 4.79 Å². The Labute approximate surface area is 170 Å². The van der Waals surface area contributed by atoms with Gasteiger partial charge in [-0.15, -0.1) is 0 Å². The average molecular weight is 393 g/mol. The molecule has 1 aliphatic rings. The molecule has 0 spiro atoms. The molecular formula is C23H27N3O3. The molecule has 6 nitrogen and oxygen atoms in total. The van der Waals surface area contributed by atoms with Crippen LogP contribution in [-0.2, 0) is 6.54 Å². The minimum Gasteiger partial charge on any atom is -0.497 e. The second-order valence-electron chi connectivity index (χ2n) is 7.69. The van der Waals surface area contributed by atoms with E-state index in [-0.39, 0.29) is 11.7 Å². The summed E-state index contributed by atoms with van der Waals surface area (Å²) in [5, 5.41) is 10.8. The molecule has 1 fully saturated rings. The van der Waals surface area contributed by atoms with Crippen molar-refractivity contribution in [3.63, 3.8) is 0 Å². The number of aliphatic hydroxyl groups excluding tert-OH is 1. The maximum atomic E-state index is 12.5. The highest BCUT2D eigenvalue weighted by Gasteiger charge is 2.18. The van der Waals surface area contributed by atoms with Crippen molar-refractivity contribution in [2.75, 3.05) is 37.0 Å². The number of aromatic amines is 1. The van der Waals surface area contributed by atoms with Gasteiger partial charge in [0.25, 0.3) is 5.56 Å². The van der Waals surface area contributed by atoms with Crippen molar-refractivity contribution in [3.8, 4) is 5.75 Å². The molecule has 0 aliphatic carbocycles. The van der Waals surface area contributed by atoms with E-state index in [2.05, 4.69) is 39.0 Å². The number of aliphatic hydroxyl groups is 1. The summed E-state index contributed by atoms with van der Waals surface area (Å²) in [6.07, 6.45) is 1.64. The van der Waals surface area contributed by atoms with Crippen molar-refractivity contribution in [3.05, 3.63) is 64.4 Å². The van der Waals surface area contributed by atoms with Gasteiger partial charge in [0.05, 0.1) is 13.2 Å². The van der Waals surface area contributed by atoms with Gasteiger partial charge in [0, 0.05) is 54.5 Å². The number of hydrogen-bond donors (Lipinski definition) is 2. The predicted molar refractivity (Wildman–Crippen MR) is 117 cm³/mol. The fraction of sp³-hybridized carbons (Fsp3) is 0.348. The second kappa shape index (κ2) is 8.17. The summed E-state index contributed by atoms with van der Waals surface area (Å²) in [6, 6.07) is 15.8. The van der Waals surface area contributed by atoms with Crippen LogP contribution in [0.4, 0.5) is 11.4 Å². The van der Waals surface area contributed by atoms with Gasteiger partial charge >= 0.3 is 0 Å². The topological polar surface area (TPSA) is 68.8 Å². The number of rotatable bonds is 5. The van der Waals surface area contributed by atoms with Crippen LogP contribution in [0, 0.1) is 0 Å². The number of ether oxygens (including phenoxy) is 1. The van der Waals surface area contributed by atoms with Gasteiger partial charge in [0.15, 0.2) is 0 Å². The van der Waals surface area contributed by atoms with Crippen LogP contribution < -0.4 is 20.1 Å². The summed E-state index contributed by atoms with van der Waals surface area (Å²) in [5.74, 6) is 0.766. The largest absolute Gasteiger partial charge is 0.497 e. The average Bonchev–Trinajstić information content (AvgIpc) is 2.74. The predicted octanol–water partition coefficient (Wildman–Crippen LogP) is 3.13. The molecule has 0 radical (unpaired) electrons. The van der Waals surface area contributed by atoms with Crippen molar-refractivity contribution in [1.29, 1.82) is 0 Å². The number of nitrogens with zero attached hydrogens (tertiary/aromatic N) is 2. The van der Waals surface area contributed by atoms with Crippen LogP contribution in [0.5, 0.6) is 5.75 Å². The van der Waals surface area contributed by atoms with Gasteiger partial charge in [-0.1, -0.05) is 0 Å². The monoisotopic (exact) mass is 393 g/mol. The lowest BCUT2D eigenvalue weighted by molar-refractivity contribution is 0.154. The zero-order valence-electron chi connectivity index (χ0n) is 16.9. The van der Waals surface area contributed by atoms with Crippen LogP contribution in [0.25, 0.3) is 10.9 Å². The molecule has 0 saturated carbocycles. The standard InChI is InChI=1S/C23H27N3O3/c1-25(18-5-7-19(8-6-18)26-11-3-4-20(27)15-26)14-17-12-16-13-21(29-2)9-10-22(16)24-23(17)28/h5-10,12-13,20,27H,3-4,11,14-15H2,1-2H3,(H,24,28)/t20-/m0/s1. The lowest BCUT2D eigenvalue weighted by Gasteiger charge is -2.32. The van der Waals surface area contributed by atoms with Crippen LogP contribution in [0.2, 0.25) is 0 Å². The quantitative estimate of drug-likeness (QED) is 0.697. The van der Waals surface area contributed by atoms with Gasteiger partial charge in [-0.2, -0.15) is 0 Å². The molecule has 152 valence electrons.